The Labute approximate surface area is 266 Å². The summed E-state index contributed by atoms with van der Waals surface area (Å²) in [5.74, 6) is -0.944. The molecule has 2 amide bonds. The topological polar surface area (TPSA) is 86.8 Å². The molecule has 0 aromatic heterocycles. The van der Waals surface area contributed by atoms with Crippen LogP contribution >= 0.6 is 46.4 Å². The number of anilines is 1. The van der Waals surface area contributed by atoms with Crippen LogP contribution in [0.15, 0.2) is 66.7 Å². The van der Waals surface area contributed by atoms with Crippen molar-refractivity contribution in [1.29, 1.82) is 0 Å². The van der Waals surface area contributed by atoms with Gasteiger partial charge in [-0.1, -0.05) is 95.6 Å². The van der Waals surface area contributed by atoms with Crippen molar-refractivity contribution < 1.29 is 18.0 Å². The van der Waals surface area contributed by atoms with E-state index < -0.39 is 28.5 Å². The molecule has 4 rings (SSSR count). The normalized spacial score (nSPS) is 14.4. The highest BCUT2D eigenvalue weighted by Crippen LogP contribution is 2.31. The highest BCUT2D eigenvalue weighted by Gasteiger charge is 2.35. The minimum Gasteiger partial charge on any atom is -0.352 e. The highest BCUT2D eigenvalue weighted by atomic mass is 35.5. The van der Waals surface area contributed by atoms with Gasteiger partial charge in [-0.15, -0.1) is 0 Å². The van der Waals surface area contributed by atoms with Gasteiger partial charge < -0.3 is 10.2 Å². The van der Waals surface area contributed by atoms with Crippen LogP contribution in [0.1, 0.15) is 36.8 Å². The molecule has 1 N–H and O–H groups in total. The quantitative estimate of drug-likeness (QED) is 0.244. The van der Waals surface area contributed by atoms with Crippen molar-refractivity contribution in [3.05, 3.63) is 97.9 Å². The van der Waals surface area contributed by atoms with E-state index in [1.165, 1.54) is 23.1 Å². The maximum Gasteiger partial charge on any atom is 0.244 e. The number of benzene rings is 3. The zero-order chi connectivity index (χ0) is 30.4. The lowest BCUT2D eigenvalue weighted by Gasteiger charge is -2.34. The molecular formula is C30H31Cl4N3O4S. The molecule has 0 radical (unpaired) electrons. The van der Waals surface area contributed by atoms with Gasteiger partial charge in [-0.25, -0.2) is 8.42 Å². The summed E-state index contributed by atoms with van der Waals surface area (Å²) in [6.45, 7) is -0.683. The first-order valence-electron chi connectivity index (χ1n) is 13.4. The van der Waals surface area contributed by atoms with E-state index in [-0.39, 0.29) is 40.6 Å². The Kier molecular flexibility index (Phi) is 11.1. The Morgan fingerprint density at radius 1 is 0.905 bits per heavy atom. The Morgan fingerprint density at radius 3 is 2.19 bits per heavy atom. The molecule has 1 fully saturated rings. The number of halogens is 4. The fourth-order valence-electron chi connectivity index (χ4n) is 5.03. The number of carbonyl (C=O) groups excluding carboxylic acids is 2. The van der Waals surface area contributed by atoms with Gasteiger partial charge in [-0.3, -0.25) is 13.9 Å². The monoisotopic (exact) mass is 669 g/mol. The lowest BCUT2D eigenvalue weighted by Crippen LogP contribution is -2.54. The molecule has 224 valence electrons. The standard InChI is InChI=1S/C30H31Cl4N3O4S/c1-42(40,41)37(27-17-23(32)13-14-25(27)33)19-29(38)36(18-21-11-12-22(31)16-26(21)34)28(15-20-7-3-2-4-8-20)30(39)35-24-9-5-6-10-24/h2-4,7-8,11-14,16-17,24,28H,5-6,9-10,15,18-19H2,1H3,(H,35,39)/t28-/m1/s1. The first-order chi connectivity index (χ1) is 19.9. The first kappa shape index (κ1) is 32.4. The van der Waals surface area contributed by atoms with Gasteiger partial charge in [-0.05, 0) is 54.3 Å². The van der Waals surface area contributed by atoms with Crippen LogP contribution in [0.4, 0.5) is 5.69 Å². The van der Waals surface area contributed by atoms with Crippen LogP contribution in [-0.2, 0) is 32.6 Å². The summed E-state index contributed by atoms with van der Waals surface area (Å²) in [4.78, 5) is 29.5. The second-order valence-electron chi connectivity index (χ2n) is 10.3. The largest absolute Gasteiger partial charge is 0.352 e. The second kappa shape index (κ2) is 14.3. The van der Waals surface area contributed by atoms with Crippen LogP contribution in [0.25, 0.3) is 0 Å². The summed E-state index contributed by atoms with van der Waals surface area (Å²) in [6.07, 6.45) is 4.92. The first-order valence-corrected chi connectivity index (χ1v) is 16.8. The van der Waals surface area contributed by atoms with Gasteiger partial charge in [0.05, 0.1) is 17.0 Å². The summed E-state index contributed by atoms with van der Waals surface area (Å²) < 4.78 is 26.8. The average Bonchev–Trinajstić information content (AvgIpc) is 3.44. The minimum absolute atomic E-state index is 0.00429. The third-order valence-electron chi connectivity index (χ3n) is 7.18. The fraction of sp³-hybridized carbons (Fsp3) is 0.333. The lowest BCUT2D eigenvalue weighted by molar-refractivity contribution is -0.140. The molecule has 3 aromatic carbocycles. The number of rotatable bonds is 11. The predicted octanol–water partition coefficient (Wildman–Crippen LogP) is 6.77. The summed E-state index contributed by atoms with van der Waals surface area (Å²) in [7, 11) is -4.00. The molecule has 1 aliphatic rings. The number of carbonyl (C=O) groups is 2. The van der Waals surface area contributed by atoms with E-state index in [2.05, 4.69) is 5.32 Å². The number of hydrogen-bond acceptors (Lipinski definition) is 4. The van der Waals surface area contributed by atoms with Gasteiger partial charge in [0.15, 0.2) is 0 Å². The zero-order valence-corrected chi connectivity index (χ0v) is 26.7. The molecule has 12 heteroatoms. The minimum atomic E-state index is -4.00. The van der Waals surface area contributed by atoms with Crippen molar-refractivity contribution in [3.63, 3.8) is 0 Å². The van der Waals surface area contributed by atoms with E-state index in [1.54, 1.807) is 18.2 Å². The van der Waals surface area contributed by atoms with Crippen LogP contribution in [0.2, 0.25) is 20.1 Å². The van der Waals surface area contributed by atoms with Crippen molar-refractivity contribution in [2.45, 2.75) is 50.7 Å². The molecule has 1 aliphatic carbocycles. The predicted molar refractivity (Wildman–Crippen MR) is 170 cm³/mol. The Morgan fingerprint density at radius 2 is 1.55 bits per heavy atom. The van der Waals surface area contributed by atoms with Crippen LogP contribution in [-0.4, -0.2) is 50.0 Å². The van der Waals surface area contributed by atoms with E-state index in [1.807, 2.05) is 30.3 Å². The Bertz CT molecular complexity index is 1530. The summed E-state index contributed by atoms with van der Waals surface area (Å²) >= 11 is 25.1. The average molecular weight is 671 g/mol. The Hall–Kier alpha value is -2.49. The third kappa shape index (κ3) is 8.54. The van der Waals surface area contributed by atoms with Gasteiger partial charge >= 0.3 is 0 Å². The van der Waals surface area contributed by atoms with Crippen molar-refractivity contribution in [2.75, 3.05) is 17.1 Å². The number of nitrogens with zero attached hydrogens (tertiary/aromatic N) is 2. The van der Waals surface area contributed by atoms with Gasteiger partial charge in [-0.2, -0.15) is 0 Å². The highest BCUT2D eigenvalue weighted by molar-refractivity contribution is 7.92. The summed E-state index contributed by atoms with van der Waals surface area (Å²) in [5, 5.41) is 4.20. The van der Waals surface area contributed by atoms with Gasteiger partial charge in [0.2, 0.25) is 21.8 Å². The van der Waals surface area contributed by atoms with E-state index in [9.17, 15) is 18.0 Å². The molecule has 0 saturated heterocycles. The maximum atomic E-state index is 14.2. The Balaban J connectivity index is 1.77. The molecule has 1 atom stereocenters. The number of hydrogen-bond donors (Lipinski definition) is 1. The summed E-state index contributed by atoms with van der Waals surface area (Å²) in [5.41, 5.74) is 1.44. The molecule has 7 nitrogen and oxygen atoms in total. The van der Waals surface area contributed by atoms with E-state index in [4.69, 9.17) is 46.4 Å². The van der Waals surface area contributed by atoms with Crippen LogP contribution in [0.5, 0.6) is 0 Å². The molecule has 0 aliphatic heterocycles. The van der Waals surface area contributed by atoms with Gasteiger partial charge in [0.25, 0.3) is 0 Å². The summed E-state index contributed by atoms with van der Waals surface area (Å²) in [6, 6.07) is 17.6. The molecule has 0 unspecified atom stereocenters. The molecule has 0 spiro atoms. The molecule has 0 heterocycles. The molecule has 0 bridgehead atoms. The maximum absolute atomic E-state index is 14.2. The SMILES string of the molecule is CS(=O)(=O)N(CC(=O)N(Cc1ccc(Cl)cc1Cl)[C@H](Cc1ccccc1)C(=O)NC1CCCC1)c1cc(Cl)ccc1Cl. The van der Waals surface area contributed by atoms with E-state index in [0.717, 1.165) is 41.8 Å². The van der Waals surface area contributed by atoms with E-state index >= 15 is 0 Å². The zero-order valence-electron chi connectivity index (χ0n) is 22.9. The molecular weight excluding hydrogens is 640 g/mol. The van der Waals surface area contributed by atoms with Crippen molar-refractivity contribution >= 4 is 73.9 Å². The molecule has 3 aromatic rings. The number of nitrogens with one attached hydrogen (secondary N) is 1. The van der Waals surface area contributed by atoms with Crippen LogP contribution < -0.4 is 9.62 Å². The van der Waals surface area contributed by atoms with Crippen LogP contribution in [0.3, 0.4) is 0 Å². The smallest absolute Gasteiger partial charge is 0.244 e. The van der Waals surface area contributed by atoms with Crippen LogP contribution in [0, 0.1) is 0 Å². The fourth-order valence-corrected chi connectivity index (χ4v) is 6.78. The number of amides is 2. The number of sulfonamides is 1. The molecule has 42 heavy (non-hydrogen) atoms. The van der Waals surface area contributed by atoms with E-state index in [0.29, 0.717) is 15.6 Å². The lowest BCUT2D eigenvalue weighted by atomic mass is 10.0. The molecule has 1 saturated carbocycles. The van der Waals surface area contributed by atoms with Crippen molar-refractivity contribution in [1.82, 2.24) is 10.2 Å². The van der Waals surface area contributed by atoms with Gasteiger partial charge in [0, 0.05) is 34.1 Å². The third-order valence-corrected chi connectivity index (χ3v) is 9.45. The van der Waals surface area contributed by atoms with Gasteiger partial charge in [0.1, 0.15) is 12.6 Å². The second-order valence-corrected chi connectivity index (χ2v) is 13.9. The van der Waals surface area contributed by atoms with Crippen molar-refractivity contribution in [2.24, 2.45) is 0 Å². The van der Waals surface area contributed by atoms with Crippen molar-refractivity contribution in [3.8, 4) is 0 Å².